The molecule has 30 heavy (non-hydrogen) atoms. The minimum atomic E-state index is -4.92. The van der Waals surface area contributed by atoms with Gasteiger partial charge in [0.15, 0.2) is 0 Å². The fourth-order valence-electron chi connectivity index (χ4n) is 1.74. The second-order valence-corrected chi connectivity index (χ2v) is 7.44. The molecule has 14 heteroatoms. The van der Waals surface area contributed by atoms with E-state index in [4.69, 9.17) is 26.8 Å². The van der Waals surface area contributed by atoms with Crippen molar-refractivity contribution in [2.24, 2.45) is 15.5 Å². The molecule has 0 unspecified atom stereocenters. The minimum absolute atomic E-state index is 0. The normalized spacial score (nSPS) is 11.5. The van der Waals surface area contributed by atoms with Gasteiger partial charge in [-0.15, -0.1) is 11.2 Å². The molecule has 0 aliphatic rings. The number of nitrogens with two attached hydrogens (primary N) is 1. The number of hydrogen-bond acceptors (Lipinski definition) is 8. The third-order valence-corrected chi connectivity index (χ3v) is 3.16. The van der Waals surface area contributed by atoms with Crippen LogP contribution in [0, 0.1) is 6.07 Å². The van der Waals surface area contributed by atoms with Gasteiger partial charge < -0.3 is 8.74 Å². The first-order valence-corrected chi connectivity index (χ1v) is 10.4. The second kappa shape index (κ2) is 12.8. The smallest absolute Gasteiger partial charge is 0.726 e. The van der Waals surface area contributed by atoms with Crippen LogP contribution in [0.5, 0.6) is 5.75 Å². The molecule has 0 spiro atoms. The molecule has 0 aliphatic heterocycles. The summed E-state index contributed by atoms with van der Waals surface area (Å²) in [5.74, 6) is 0.118. The Morgan fingerprint density at radius 2 is 1.70 bits per heavy atom. The van der Waals surface area contributed by atoms with Crippen LogP contribution < -0.4 is 38.9 Å². The Hall–Kier alpha value is -1.84. The molecule has 0 amide bonds. The van der Waals surface area contributed by atoms with Crippen molar-refractivity contribution in [1.82, 2.24) is 5.01 Å². The Bertz CT molecular complexity index is 1060. The molecule has 0 fully saturated rings. The maximum atomic E-state index is 11.1. The third kappa shape index (κ3) is 14.2. The number of rotatable bonds is 6. The predicted octanol–water partition coefficient (Wildman–Crippen LogP) is -1.19. The van der Waals surface area contributed by atoms with Crippen molar-refractivity contribution in [1.29, 1.82) is 0 Å². The van der Waals surface area contributed by atoms with E-state index >= 15 is 0 Å². The molecule has 0 radical (unpaired) electrons. The fourth-order valence-corrected chi connectivity index (χ4v) is 2.14. The van der Waals surface area contributed by atoms with Crippen molar-refractivity contribution in [3.63, 3.8) is 0 Å². The maximum Gasteiger partial charge on any atom is 1.00 e. The van der Waals surface area contributed by atoms with E-state index in [-0.39, 0.29) is 35.3 Å². The third-order valence-electron chi connectivity index (χ3n) is 2.75. The zero-order valence-corrected chi connectivity index (χ0v) is 20.0. The van der Waals surface area contributed by atoms with Gasteiger partial charge in [-0.05, 0) is 17.7 Å². The molecule has 2 rings (SSSR count). The quantitative estimate of drug-likeness (QED) is 0.102. The van der Waals surface area contributed by atoms with Crippen molar-refractivity contribution in [3.05, 3.63) is 59.7 Å². The van der Waals surface area contributed by atoms with Crippen LogP contribution in [0.3, 0.4) is 0 Å². The van der Waals surface area contributed by atoms with Crippen molar-refractivity contribution < 1.29 is 59.7 Å². The Morgan fingerprint density at radius 1 is 1.13 bits per heavy atom. The molecular weight excluding hydrogens is 447 g/mol. The standard InChI is InChI=1S/C16H17N4O3S.Na.H2O4S/c1-20(2)19-18-15-11-8-13(9-12-15)7-10-14-5-3-4-6-16(14)23-24(17,21)22;;1-5(2,3)4/h3,5-12H,1-2H3,(H2,17,21,22);;(H2,1,2,3,4)/q-1;+1;/p-1. The molecule has 0 aromatic heterocycles. The Kier molecular flexibility index (Phi) is 12.0. The summed E-state index contributed by atoms with van der Waals surface area (Å²) < 4.78 is 59.7. The summed E-state index contributed by atoms with van der Waals surface area (Å²) in [5.41, 5.74) is 2.21. The Morgan fingerprint density at radius 3 is 2.20 bits per heavy atom. The molecule has 2 aromatic carbocycles. The van der Waals surface area contributed by atoms with Gasteiger partial charge in [-0.3, -0.25) is 9.56 Å². The molecule has 158 valence electrons. The summed E-state index contributed by atoms with van der Waals surface area (Å²) >= 11 is 0. The molecule has 0 bridgehead atoms. The van der Waals surface area contributed by atoms with Crippen molar-refractivity contribution >= 4 is 38.5 Å². The Labute approximate surface area is 197 Å². The summed E-state index contributed by atoms with van der Waals surface area (Å²) in [7, 11) is -5.42. The minimum Gasteiger partial charge on any atom is -0.726 e. The van der Waals surface area contributed by atoms with Gasteiger partial charge in [0.1, 0.15) is 0 Å². The average molecular weight is 465 g/mol. The average Bonchev–Trinajstić information content (AvgIpc) is 2.57. The first kappa shape index (κ1) is 28.2. The number of nitrogens with zero attached hydrogens (tertiary/aromatic N) is 3. The van der Waals surface area contributed by atoms with E-state index in [9.17, 15) is 8.42 Å². The first-order valence-electron chi connectivity index (χ1n) is 7.61. The zero-order valence-electron chi connectivity index (χ0n) is 16.3. The predicted molar refractivity (Wildman–Crippen MR) is 105 cm³/mol. The molecule has 11 nitrogen and oxygen atoms in total. The topological polar surface area (TPSA) is 175 Å². The van der Waals surface area contributed by atoms with Crippen LogP contribution in [0.25, 0.3) is 12.2 Å². The van der Waals surface area contributed by atoms with Crippen LogP contribution in [0.15, 0.2) is 52.8 Å². The maximum absolute atomic E-state index is 11.1. The van der Waals surface area contributed by atoms with Crippen LogP contribution >= 0.6 is 0 Å². The largest absolute Gasteiger partial charge is 1.00 e. The van der Waals surface area contributed by atoms with Crippen molar-refractivity contribution in [3.8, 4) is 5.75 Å². The van der Waals surface area contributed by atoms with Crippen LogP contribution in [-0.4, -0.2) is 45.0 Å². The fraction of sp³-hybridized carbons (Fsp3) is 0.125. The van der Waals surface area contributed by atoms with Gasteiger partial charge >= 0.3 is 39.9 Å². The summed E-state index contributed by atoms with van der Waals surface area (Å²) in [6.07, 6.45) is 3.54. The van der Waals surface area contributed by atoms with E-state index in [1.807, 2.05) is 30.3 Å². The van der Waals surface area contributed by atoms with Crippen molar-refractivity contribution in [2.75, 3.05) is 14.1 Å². The molecule has 3 N–H and O–H groups in total. The summed E-state index contributed by atoms with van der Waals surface area (Å²) in [6.45, 7) is 0. The van der Waals surface area contributed by atoms with E-state index in [0.717, 1.165) is 11.3 Å². The van der Waals surface area contributed by atoms with Gasteiger partial charge in [0, 0.05) is 19.8 Å². The van der Waals surface area contributed by atoms with Gasteiger partial charge in [-0.2, -0.15) is 31.8 Å². The molecule has 0 atom stereocenters. The van der Waals surface area contributed by atoms with E-state index in [2.05, 4.69) is 16.4 Å². The zero-order chi connectivity index (χ0) is 22.1. The van der Waals surface area contributed by atoms with Crippen LogP contribution in [0.1, 0.15) is 11.1 Å². The van der Waals surface area contributed by atoms with E-state index < -0.39 is 20.7 Å². The molecule has 0 aliphatic carbocycles. The molecule has 0 heterocycles. The SMILES string of the molecule is CN(C)N=Nc1ccc(C=Cc2cc[c-]cc2OS(N)(=O)=O)cc1.O=S(=O)([O-])O.[Na+]. The monoisotopic (exact) mass is 465 g/mol. The Balaban J connectivity index is 0.00000125. The number of hydrogen-bond donors (Lipinski definition) is 2. The van der Waals surface area contributed by atoms with Crippen LogP contribution in [0.2, 0.25) is 0 Å². The van der Waals surface area contributed by atoms with Crippen molar-refractivity contribution in [2.45, 2.75) is 0 Å². The molecule has 2 aromatic rings. The summed E-state index contributed by atoms with van der Waals surface area (Å²) in [5, 5.41) is 14.5. The van der Waals surface area contributed by atoms with Gasteiger partial charge in [0.2, 0.25) is 10.4 Å². The molecular formula is C16H18N4NaO7S2-. The van der Waals surface area contributed by atoms with E-state index in [0.29, 0.717) is 5.56 Å². The molecule has 0 saturated heterocycles. The number of benzene rings is 2. The van der Waals surface area contributed by atoms with Gasteiger partial charge in [0.25, 0.3) is 0 Å². The van der Waals surface area contributed by atoms with Gasteiger partial charge in [-0.25, -0.2) is 8.42 Å². The molecule has 0 saturated carbocycles. The van der Waals surface area contributed by atoms with Crippen LogP contribution in [0.4, 0.5) is 5.69 Å². The van der Waals surface area contributed by atoms with E-state index in [1.165, 1.54) is 6.07 Å². The summed E-state index contributed by atoms with van der Waals surface area (Å²) in [4.78, 5) is 0. The van der Waals surface area contributed by atoms with Crippen LogP contribution in [-0.2, 0) is 20.7 Å². The van der Waals surface area contributed by atoms with E-state index in [1.54, 1.807) is 37.3 Å². The van der Waals surface area contributed by atoms with Gasteiger partial charge in [-0.1, -0.05) is 35.1 Å². The summed E-state index contributed by atoms with van der Waals surface area (Å²) in [6, 6.07) is 14.9. The van der Waals surface area contributed by atoms with Gasteiger partial charge in [0.05, 0.1) is 5.69 Å². The second-order valence-electron chi connectivity index (χ2n) is 5.43. The first-order chi connectivity index (χ1) is 13.3.